The molecule has 0 unspecified atom stereocenters. The van der Waals surface area contributed by atoms with Gasteiger partial charge in [-0.25, -0.2) is 14.6 Å². The second-order valence-corrected chi connectivity index (χ2v) is 7.19. The van der Waals surface area contributed by atoms with E-state index in [1.165, 1.54) is 11.8 Å². The van der Waals surface area contributed by atoms with Gasteiger partial charge in [-0.2, -0.15) is 0 Å². The number of hydrogen-bond acceptors (Lipinski definition) is 7. The summed E-state index contributed by atoms with van der Waals surface area (Å²) in [7, 11) is 0. The summed E-state index contributed by atoms with van der Waals surface area (Å²) in [5.41, 5.74) is -0.630. The SMILES string of the molecule is Cc1nc(SCOC(=O)[C@@H](NC(=O)OC(C)(C)C)C(C)C)n[nH]1. The molecule has 0 spiro atoms. The van der Waals surface area contributed by atoms with Crippen LogP contribution in [0.15, 0.2) is 5.16 Å². The lowest BCUT2D eigenvalue weighted by Gasteiger charge is -2.24. The van der Waals surface area contributed by atoms with Gasteiger partial charge in [0, 0.05) is 0 Å². The Bertz CT molecular complexity index is 539. The maximum Gasteiger partial charge on any atom is 0.408 e. The van der Waals surface area contributed by atoms with Crippen molar-refractivity contribution in [3.63, 3.8) is 0 Å². The monoisotopic (exact) mass is 344 g/mol. The third-order valence-electron chi connectivity index (χ3n) is 2.56. The molecule has 0 radical (unpaired) electrons. The third-order valence-corrected chi connectivity index (χ3v) is 3.24. The van der Waals surface area contributed by atoms with Gasteiger partial charge < -0.3 is 14.8 Å². The van der Waals surface area contributed by atoms with Gasteiger partial charge >= 0.3 is 12.1 Å². The van der Waals surface area contributed by atoms with E-state index in [-0.39, 0.29) is 11.9 Å². The molecule has 0 bridgehead atoms. The average Bonchev–Trinajstić information content (AvgIpc) is 2.79. The summed E-state index contributed by atoms with van der Waals surface area (Å²) < 4.78 is 10.3. The van der Waals surface area contributed by atoms with Gasteiger partial charge in [0.05, 0.1) is 0 Å². The highest BCUT2D eigenvalue weighted by molar-refractivity contribution is 7.99. The number of carbonyl (C=O) groups is 2. The Balaban J connectivity index is 2.49. The summed E-state index contributed by atoms with van der Waals surface area (Å²) in [6, 6.07) is -0.778. The Morgan fingerprint density at radius 3 is 2.48 bits per heavy atom. The molecule has 9 heteroatoms. The van der Waals surface area contributed by atoms with Gasteiger partial charge in [0.15, 0.2) is 0 Å². The van der Waals surface area contributed by atoms with Gasteiger partial charge in [-0.15, -0.1) is 5.10 Å². The van der Waals surface area contributed by atoms with Crippen LogP contribution in [-0.4, -0.2) is 44.8 Å². The number of carbonyl (C=O) groups excluding carboxylic acids is 2. The highest BCUT2D eigenvalue weighted by Crippen LogP contribution is 2.14. The van der Waals surface area contributed by atoms with Crippen LogP contribution < -0.4 is 5.32 Å². The third kappa shape index (κ3) is 7.36. The molecule has 1 heterocycles. The number of aromatic amines is 1. The van der Waals surface area contributed by atoms with Crippen molar-refractivity contribution in [1.29, 1.82) is 0 Å². The predicted molar refractivity (Wildman–Crippen MR) is 85.9 cm³/mol. The first-order valence-electron chi connectivity index (χ1n) is 7.26. The zero-order chi connectivity index (χ0) is 17.6. The molecular formula is C14H24N4O4S. The van der Waals surface area contributed by atoms with Crippen LogP contribution in [0, 0.1) is 12.8 Å². The van der Waals surface area contributed by atoms with E-state index in [0.29, 0.717) is 11.0 Å². The number of hydrogen-bond donors (Lipinski definition) is 2. The van der Waals surface area contributed by atoms with E-state index in [1.54, 1.807) is 27.7 Å². The van der Waals surface area contributed by atoms with Crippen molar-refractivity contribution in [3.8, 4) is 0 Å². The minimum absolute atomic E-state index is 0.0648. The second kappa shape index (κ2) is 8.19. The Hall–Kier alpha value is -1.77. The lowest BCUT2D eigenvalue weighted by molar-refractivity contribution is -0.145. The van der Waals surface area contributed by atoms with E-state index >= 15 is 0 Å². The minimum atomic E-state index is -0.778. The largest absolute Gasteiger partial charge is 0.453 e. The lowest BCUT2D eigenvalue weighted by Crippen LogP contribution is -2.47. The first kappa shape index (κ1) is 19.3. The fourth-order valence-electron chi connectivity index (χ4n) is 1.55. The molecule has 1 rings (SSSR count). The van der Waals surface area contributed by atoms with Crippen molar-refractivity contribution >= 4 is 23.8 Å². The number of thioether (sulfide) groups is 1. The number of amides is 1. The molecule has 0 aliphatic heterocycles. The Labute approximate surface area is 140 Å². The van der Waals surface area contributed by atoms with E-state index in [0.717, 1.165) is 0 Å². The van der Waals surface area contributed by atoms with Crippen LogP contribution in [0.2, 0.25) is 0 Å². The first-order valence-corrected chi connectivity index (χ1v) is 8.25. The maximum atomic E-state index is 12.1. The molecule has 0 saturated carbocycles. The number of ether oxygens (including phenoxy) is 2. The topological polar surface area (TPSA) is 106 Å². The normalized spacial score (nSPS) is 12.8. The summed E-state index contributed by atoms with van der Waals surface area (Å²) in [6.45, 7) is 10.7. The van der Waals surface area contributed by atoms with Crippen molar-refractivity contribution in [2.75, 3.05) is 5.94 Å². The molecule has 1 amide bonds. The molecule has 0 saturated heterocycles. The van der Waals surface area contributed by atoms with Crippen molar-refractivity contribution in [3.05, 3.63) is 5.82 Å². The van der Waals surface area contributed by atoms with Gasteiger partial charge in [-0.05, 0) is 45.4 Å². The standard InChI is InChI=1S/C14H24N4O4S/c1-8(2)10(16-13(20)22-14(4,5)6)11(19)21-7-23-12-15-9(3)17-18-12/h8,10H,7H2,1-6H3,(H,16,20)(H,15,17,18)/t10-/m0/s1. The highest BCUT2D eigenvalue weighted by Gasteiger charge is 2.28. The molecule has 0 aliphatic carbocycles. The second-order valence-electron chi connectivity index (χ2n) is 6.30. The smallest absolute Gasteiger partial charge is 0.408 e. The molecule has 8 nitrogen and oxygen atoms in total. The summed E-state index contributed by atoms with van der Waals surface area (Å²) in [6.07, 6.45) is -0.648. The molecule has 1 atom stereocenters. The Kier molecular flexibility index (Phi) is 6.86. The molecule has 0 fully saturated rings. The summed E-state index contributed by atoms with van der Waals surface area (Å²) >= 11 is 1.19. The fraction of sp³-hybridized carbons (Fsp3) is 0.714. The van der Waals surface area contributed by atoms with Crippen LogP contribution in [0.5, 0.6) is 0 Å². The quantitative estimate of drug-likeness (QED) is 0.463. The summed E-state index contributed by atoms with van der Waals surface area (Å²) in [5, 5.41) is 9.67. The molecular weight excluding hydrogens is 320 g/mol. The van der Waals surface area contributed by atoms with E-state index in [4.69, 9.17) is 9.47 Å². The number of nitrogens with zero attached hydrogens (tertiary/aromatic N) is 2. The number of esters is 1. The number of alkyl carbamates (subject to hydrolysis) is 1. The number of rotatable bonds is 6. The van der Waals surface area contributed by atoms with E-state index < -0.39 is 23.7 Å². The highest BCUT2D eigenvalue weighted by atomic mass is 32.2. The molecule has 130 valence electrons. The van der Waals surface area contributed by atoms with E-state index in [2.05, 4.69) is 20.5 Å². The van der Waals surface area contributed by atoms with Crippen molar-refractivity contribution < 1.29 is 19.1 Å². The number of H-pyrrole nitrogens is 1. The number of aromatic nitrogens is 3. The van der Waals surface area contributed by atoms with Crippen molar-refractivity contribution in [1.82, 2.24) is 20.5 Å². The molecule has 1 aromatic rings. The molecule has 23 heavy (non-hydrogen) atoms. The Morgan fingerprint density at radius 1 is 1.35 bits per heavy atom. The molecule has 2 N–H and O–H groups in total. The molecule has 0 aromatic carbocycles. The number of nitrogens with one attached hydrogen (secondary N) is 2. The molecule has 1 aromatic heterocycles. The van der Waals surface area contributed by atoms with Crippen molar-refractivity contribution in [2.45, 2.75) is 58.3 Å². The first-order chi connectivity index (χ1) is 10.6. The van der Waals surface area contributed by atoms with Crippen LogP contribution in [0.3, 0.4) is 0 Å². The average molecular weight is 344 g/mol. The van der Waals surface area contributed by atoms with E-state index in [1.807, 2.05) is 13.8 Å². The lowest BCUT2D eigenvalue weighted by atomic mass is 10.1. The minimum Gasteiger partial charge on any atom is -0.453 e. The summed E-state index contributed by atoms with van der Waals surface area (Å²) in [5.74, 6) is 0.0943. The van der Waals surface area contributed by atoms with Crippen LogP contribution in [0.25, 0.3) is 0 Å². The van der Waals surface area contributed by atoms with Gasteiger partial charge in [0.25, 0.3) is 0 Å². The van der Waals surface area contributed by atoms with Crippen molar-refractivity contribution in [2.24, 2.45) is 5.92 Å². The van der Waals surface area contributed by atoms with Crippen LogP contribution >= 0.6 is 11.8 Å². The fourth-order valence-corrected chi connectivity index (χ4v) is 2.14. The van der Waals surface area contributed by atoms with E-state index in [9.17, 15) is 9.59 Å². The Morgan fingerprint density at radius 2 is 2.00 bits per heavy atom. The predicted octanol–water partition coefficient (Wildman–Crippen LogP) is 2.26. The zero-order valence-corrected chi connectivity index (χ0v) is 15.1. The summed E-state index contributed by atoms with van der Waals surface area (Å²) in [4.78, 5) is 28.0. The molecule has 0 aliphatic rings. The van der Waals surface area contributed by atoms with Crippen LogP contribution in [0.4, 0.5) is 4.79 Å². The van der Waals surface area contributed by atoms with Gasteiger partial charge in [-0.1, -0.05) is 13.8 Å². The zero-order valence-electron chi connectivity index (χ0n) is 14.3. The number of aryl methyl sites for hydroxylation is 1. The van der Waals surface area contributed by atoms with Gasteiger partial charge in [0.2, 0.25) is 5.16 Å². The van der Waals surface area contributed by atoms with Crippen LogP contribution in [-0.2, 0) is 14.3 Å². The maximum absolute atomic E-state index is 12.1. The van der Waals surface area contributed by atoms with Gasteiger partial charge in [-0.3, -0.25) is 5.10 Å². The van der Waals surface area contributed by atoms with Gasteiger partial charge in [0.1, 0.15) is 23.4 Å². The van der Waals surface area contributed by atoms with Crippen LogP contribution in [0.1, 0.15) is 40.4 Å².